The van der Waals surface area contributed by atoms with Gasteiger partial charge < -0.3 is 10.2 Å². The molecule has 0 saturated carbocycles. The van der Waals surface area contributed by atoms with E-state index in [4.69, 9.17) is 5.11 Å². The normalized spacial score (nSPS) is 10.3. The van der Waals surface area contributed by atoms with Crippen LogP contribution in [0.15, 0.2) is 23.3 Å². The maximum atomic E-state index is 11.0. The second-order valence-corrected chi connectivity index (χ2v) is 2.25. The van der Waals surface area contributed by atoms with E-state index < -0.39 is 17.6 Å². The number of aliphatic imine (C=N–C) groups is 1. The van der Waals surface area contributed by atoms with Crippen LogP contribution in [0.5, 0.6) is 5.75 Å². The zero-order chi connectivity index (χ0) is 10.6. The number of hydrogen-bond acceptors (Lipinski definition) is 4. The van der Waals surface area contributed by atoms with Gasteiger partial charge in [0, 0.05) is 6.20 Å². The van der Waals surface area contributed by atoms with E-state index in [9.17, 15) is 14.7 Å². The van der Waals surface area contributed by atoms with Crippen LogP contribution in [0.3, 0.4) is 0 Å². The summed E-state index contributed by atoms with van der Waals surface area (Å²) in [5.41, 5.74) is -0.384. The molecule has 0 aliphatic rings. The Labute approximate surface area is 78.6 Å². The Kier molecular flexibility index (Phi) is 2.90. The van der Waals surface area contributed by atoms with Crippen LogP contribution < -0.4 is 5.11 Å². The minimum Gasteiger partial charge on any atom is -0.871 e. The Morgan fingerprint density at radius 3 is 2.86 bits per heavy atom. The van der Waals surface area contributed by atoms with E-state index in [1.807, 2.05) is 0 Å². The molecule has 0 radical (unpaired) electrons. The number of aromatic nitrogens is 1. The smallest absolute Gasteiger partial charge is 0.347 e. The summed E-state index contributed by atoms with van der Waals surface area (Å²) < 4.78 is 0. The average molecular weight is 193 g/mol. The van der Waals surface area contributed by atoms with E-state index in [2.05, 4.69) is 9.98 Å². The molecule has 14 heavy (non-hydrogen) atoms. The number of carbonyl (C=O) groups is 2. The van der Waals surface area contributed by atoms with Crippen LogP contribution in [-0.4, -0.2) is 28.2 Å². The van der Waals surface area contributed by atoms with Crippen LogP contribution in [0.4, 0.5) is 0 Å². The Morgan fingerprint density at radius 1 is 1.57 bits per heavy atom. The molecule has 0 bridgehead atoms. The summed E-state index contributed by atoms with van der Waals surface area (Å²) in [6.07, 6.45) is 1.67. The number of hydrogen-bond donors (Lipinski definition) is 1. The van der Waals surface area contributed by atoms with Crippen molar-refractivity contribution in [1.29, 1.82) is 0 Å². The van der Waals surface area contributed by atoms with Gasteiger partial charge in [-0.25, -0.2) is 9.79 Å². The van der Waals surface area contributed by atoms with Crippen molar-refractivity contribution in [2.45, 2.75) is 0 Å². The number of aliphatic carboxylic acids is 1. The molecule has 0 unspecified atom stereocenters. The minimum absolute atomic E-state index is 0.384. The maximum absolute atomic E-state index is 11.0. The molecule has 6 heteroatoms. The number of amides is 1. The van der Waals surface area contributed by atoms with Gasteiger partial charge in [-0.05, 0) is 6.07 Å². The van der Waals surface area contributed by atoms with E-state index >= 15 is 0 Å². The molecule has 6 nitrogen and oxygen atoms in total. The largest absolute Gasteiger partial charge is 0.871 e. The van der Waals surface area contributed by atoms with Gasteiger partial charge in [0.25, 0.3) is 5.91 Å². The quantitative estimate of drug-likeness (QED) is 0.634. The van der Waals surface area contributed by atoms with Gasteiger partial charge >= 0.3 is 5.97 Å². The minimum atomic E-state index is -1.36. The van der Waals surface area contributed by atoms with Crippen LogP contribution in [0.2, 0.25) is 0 Å². The molecule has 0 aliphatic carbocycles. The van der Waals surface area contributed by atoms with Gasteiger partial charge in [0.2, 0.25) is 0 Å². The molecule has 1 aromatic heterocycles. The first kappa shape index (κ1) is 9.85. The summed E-state index contributed by atoms with van der Waals surface area (Å²) in [4.78, 5) is 27.6. The number of nitrogens with zero attached hydrogens (tertiary/aromatic N) is 2. The van der Waals surface area contributed by atoms with Crippen molar-refractivity contribution >= 4 is 18.1 Å². The fourth-order valence-corrected chi connectivity index (χ4v) is 0.726. The van der Waals surface area contributed by atoms with Crippen molar-refractivity contribution in [3.8, 4) is 5.75 Å². The number of pyridine rings is 1. The molecule has 0 aliphatic heterocycles. The highest BCUT2D eigenvalue weighted by atomic mass is 16.4. The lowest BCUT2D eigenvalue weighted by molar-refractivity contribution is -0.269. The van der Waals surface area contributed by atoms with E-state index in [1.165, 1.54) is 12.3 Å². The van der Waals surface area contributed by atoms with Gasteiger partial charge in [0.1, 0.15) is 11.9 Å². The molecule has 0 aromatic carbocycles. The van der Waals surface area contributed by atoms with Crippen molar-refractivity contribution in [2.24, 2.45) is 4.99 Å². The number of carboxylic acid groups (broad SMARTS) is 1. The first-order valence-electron chi connectivity index (χ1n) is 3.54. The predicted molar refractivity (Wildman–Crippen MR) is 44.1 cm³/mol. The van der Waals surface area contributed by atoms with Gasteiger partial charge in [-0.2, -0.15) is 0 Å². The molecule has 1 rings (SSSR count). The second kappa shape index (κ2) is 4.13. The highest BCUT2D eigenvalue weighted by Crippen LogP contribution is 2.09. The molecule has 0 fully saturated rings. The first-order chi connectivity index (χ1) is 6.61. The fourth-order valence-electron chi connectivity index (χ4n) is 0.726. The topological polar surface area (TPSA) is 103 Å². The second-order valence-electron chi connectivity index (χ2n) is 2.25. The molecular weight excluding hydrogens is 188 g/mol. The number of rotatable bonds is 2. The molecule has 0 atom stereocenters. The Hall–Kier alpha value is -2.24. The van der Waals surface area contributed by atoms with E-state index in [0.717, 1.165) is 6.07 Å². The predicted octanol–water partition coefficient (Wildman–Crippen LogP) is -0.549. The van der Waals surface area contributed by atoms with Crippen LogP contribution >= 0.6 is 0 Å². The monoisotopic (exact) mass is 193 g/mol. The van der Waals surface area contributed by atoms with E-state index in [0.29, 0.717) is 6.21 Å². The van der Waals surface area contributed by atoms with Gasteiger partial charge in [-0.3, -0.25) is 9.78 Å². The first-order valence-corrected chi connectivity index (χ1v) is 3.54. The maximum Gasteiger partial charge on any atom is 0.347 e. The van der Waals surface area contributed by atoms with E-state index in [1.54, 1.807) is 0 Å². The average Bonchev–Trinajstić information content (AvgIpc) is 2.15. The van der Waals surface area contributed by atoms with Gasteiger partial charge in [0.15, 0.2) is 0 Å². The molecule has 72 valence electrons. The van der Waals surface area contributed by atoms with Crippen molar-refractivity contribution in [3.63, 3.8) is 0 Å². The Balaban J connectivity index is 2.91. The zero-order valence-corrected chi connectivity index (χ0v) is 6.88. The van der Waals surface area contributed by atoms with E-state index in [-0.39, 0.29) is 5.69 Å². The molecule has 1 N–H and O–H groups in total. The standard InChI is InChI=1S/C8H6N2O4/c11-5-2-1-3-9-7(5)8(14)10-4-6(12)13/h1-4,11H,(H,12,13)/p-1. The third-order valence-electron chi connectivity index (χ3n) is 1.27. The SMILES string of the molecule is O=C(O)C=NC(=O)c1ncccc1[O-]. The summed E-state index contributed by atoms with van der Waals surface area (Å²) in [5.74, 6) is -2.90. The van der Waals surface area contributed by atoms with Crippen molar-refractivity contribution in [2.75, 3.05) is 0 Å². The van der Waals surface area contributed by atoms with Crippen LogP contribution in [0, 0.1) is 0 Å². The van der Waals surface area contributed by atoms with Crippen LogP contribution in [0.1, 0.15) is 10.5 Å². The van der Waals surface area contributed by atoms with Gasteiger partial charge in [-0.15, -0.1) is 0 Å². The highest BCUT2D eigenvalue weighted by Gasteiger charge is 2.05. The molecule has 0 saturated heterocycles. The molecular formula is C8H5N2O4-. The summed E-state index contributed by atoms with van der Waals surface area (Å²) in [6, 6.07) is 2.52. The van der Waals surface area contributed by atoms with Crippen molar-refractivity contribution in [1.82, 2.24) is 4.98 Å². The summed E-state index contributed by atoms with van der Waals surface area (Å²) in [7, 11) is 0. The summed E-state index contributed by atoms with van der Waals surface area (Å²) in [5, 5.41) is 19.2. The highest BCUT2D eigenvalue weighted by molar-refractivity contribution is 6.25. The molecule has 0 spiro atoms. The summed E-state index contributed by atoms with van der Waals surface area (Å²) >= 11 is 0. The van der Waals surface area contributed by atoms with Crippen LogP contribution in [-0.2, 0) is 4.79 Å². The third kappa shape index (κ3) is 2.37. The Morgan fingerprint density at radius 2 is 2.29 bits per heavy atom. The lowest BCUT2D eigenvalue weighted by Gasteiger charge is -2.06. The summed E-state index contributed by atoms with van der Waals surface area (Å²) in [6.45, 7) is 0. The van der Waals surface area contributed by atoms with Crippen LogP contribution in [0.25, 0.3) is 0 Å². The number of carboxylic acids is 1. The van der Waals surface area contributed by atoms with Gasteiger partial charge in [-0.1, -0.05) is 11.8 Å². The lowest BCUT2D eigenvalue weighted by Crippen LogP contribution is -2.07. The molecule has 1 heterocycles. The Bertz CT molecular complexity index is 400. The zero-order valence-electron chi connectivity index (χ0n) is 6.88. The molecule has 1 amide bonds. The van der Waals surface area contributed by atoms with Gasteiger partial charge in [0.05, 0.1) is 0 Å². The third-order valence-corrected chi connectivity index (χ3v) is 1.27. The van der Waals surface area contributed by atoms with Crippen molar-refractivity contribution < 1.29 is 19.8 Å². The lowest BCUT2D eigenvalue weighted by atomic mass is 10.3. The molecule has 1 aromatic rings. The van der Waals surface area contributed by atoms with Crippen molar-refractivity contribution in [3.05, 3.63) is 24.0 Å². The fraction of sp³-hybridized carbons (Fsp3) is 0. The number of carbonyl (C=O) groups excluding carboxylic acids is 1.